The lowest BCUT2D eigenvalue weighted by Gasteiger charge is -2.07. The molecule has 0 aliphatic rings. The van der Waals surface area contributed by atoms with E-state index in [-0.39, 0.29) is 0 Å². The monoisotopic (exact) mass is 308 g/mol. The Kier molecular flexibility index (Phi) is 3.10. The predicted molar refractivity (Wildman–Crippen MR) is 74.1 cm³/mol. The Morgan fingerprint density at radius 3 is 2.40 bits per heavy atom. The third-order valence-corrected chi connectivity index (χ3v) is 3.19. The van der Waals surface area contributed by atoms with Gasteiger partial charge in [-0.3, -0.25) is 0 Å². The van der Waals surface area contributed by atoms with E-state index in [1.54, 1.807) is 0 Å². The molecule has 2 aromatic rings. The van der Waals surface area contributed by atoms with Gasteiger partial charge in [-0.05, 0) is 65.3 Å². The summed E-state index contributed by atoms with van der Waals surface area (Å²) in [6.07, 6.45) is 0. The van der Waals surface area contributed by atoms with E-state index in [4.69, 9.17) is 0 Å². The van der Waals surface area contributed by atoms with Crippen molar-refractivity contribution in [1.29, 1.82) is 0 Å². The zero-order valence-corrected chi connectivity index (χ0v) is 11.1. The van der Waals surface area contributed by atoms with Gasteiger partial charge in [0.15, 0.2) is 0 Å². The molecule has 0 aromatic heterocycles. The van der Waals surface area contributed by atoms with Crippen LogP contribution in [0.3, 0.4) is 0 Å². The van der Waals surface area contributed by atoms with Gasteiger partial charge >= 0.3 is 0 Å². The first-order chi connectivity index (χ1) is 7.16. The number of hydrogen-bond acceptors (Lipinski definition) is 0. The molecular formula is C14H13I. The fraction of sp³-hybridized carbons (Fsp3) is 0.143. The summed E-state index contributed by atoms with van der Waals surface area (Å²) in [5.74, 6) is 0. The van der Waals surface area contributed by atoms with Crippen LogP contribution in [0.1, 0.15) is 11.1 Å². The van der Waals surface area contributed by atoms with Gasteiger partial charge < -0.3 is 0 Å². The van der Waals surface area contributed by atoms with Crippen LogP contribution >= 0.6 is 22.6 Å². The van der Waals surface area contributed by atoms with E-state index in [1.165, 1.54) is 25.8 Å². The highest BCUT2D eigenvalue weighted by atomic mass is 127. The summed E-state index contributed by atoms with van der Waals surface area (Å²) in [6, 6.07) is 15.2. The van der Waals surface area contributed by atoms with E-state index in [1.807, 2.05) is 0 Å². The van der Waals surface area contributed by atoms with Crippen LogP contribution in [0, 0.1) is 17.4 Å². The van der Waals surface area contributed by atoms with Crippen LogP contribution < -0.4 is 0 Å². The van der Waals surface area contributed by atoms with E-state index in [0.717, 1.165) is 0 Å². The lowest BCUT2D eigenvalue weighted by Crippen LogP contribution is -1.85. The Hall–Kier alpha value is -0.830. The van der Waals surface area contributed by atoms with Crippen LogP contribution in [-0.4, -0.2) is 0 Å². The van der Waals surface area contributed by atoms with Gasteiger partial charge in [-0.15, -0.1) is 0 Å². The Bertz CT molecular complexity index is 486. The topological polar surface area (TPSA) is 0 Å². The van der Waals surface area contributed by atoms with Crippen LogP contribution in [0.2, 0.25) is 0 Å². The van der Waals surface area contributed by atoms with E-state index < -0.39 is 0 Å². The Morgan fingerprint density at radius 1 is 0.933 bits per heavy atom. The zero-order chi connectivity index (χ0) is 10.8. The molecule has 0 aliphatic carbocycles. The normalized spacial score (nSPS) is 10.3. The molecule has 0 unspecified atom stereocenters. The number of aryl methyl sites for hydroxylation is 2. The molecular weight excluding hydrogens is 295 g/mol. The summed E-state index contributed by atoms with van der Waals surface area (Å²) < 4.78 is 1.28. The van der Waals surface area contributed by atoms with Crippen molar-refractivity contribution in [2.75, 3.05) is 0 Å². The zero-order valence-electron chi connectivity index (χ0n) is 8.92. The van der Waals surface area contributed by atoms with Crippen LogP contribution in [0.25, 0.3) is 11.1 Å². The molecule has 0 atom stereocenters. The largest absolute Gasteiger partial charge is 0.0606 e. The molecule has 0 saturated heterocycles. The number of halogens is 1. The molecule has 0 nitrogen and oxygen atoms in total. The van der Waals surface area contributed by atoms with E-state index in [0.29, 0.717) is 0 Å². The molecule has 15 heavy (non-hydrogen) atoms. The molecule has 0 fully saturated rings. The molecule has 1 heteroatoms. The quantitative estimate of drug-likeness (QED) is 0.677. The second-order valence-electron chi connectivity index (χ2n) is 3.83. The van der Waals surface area contributed by atoms with Crippen molar-refractivity contribution in [1.82, 2.24) is 0 Å². The van der Waals surface area contributed by atoms with Crippen molar-refractivity contribution < 1.29 is 0 Å². The first-order valence-electron chi connectivity index (χ1n) is 5.00. The Labute approximate surface area is 104 Å². The SMILES string of the molecule is Cc1ccc(-c2cccc(I)c2)c(C)c1. The summed E-state index contributed by atoms with van der Waals surface area (Å²) in [7, 11) is 0. The molecule has 0 saturated carbocycles. The second-order valence-corrected chi connectivity index (χ2v) is 5.07. The van der Waals surface area contributed by atoms with E-state index in [9.17, 15) is 0 Å². The van der Waals surface area contributed by atoms with Gasteiger partial charge in [-0.25, -0.2) is 0 Å². The van der Waals surface area contributed by atoms with Gasteiger partial charge in [0.2, 0.25) is 0 Å². The smallest absolute Gasteiger partial charge is 0.0136 e. The highest BCUT2D eigenvalue weighted by Gasteiger charge is 2.01. The molecule has 2 aromatic carbocycles. The molecule has 0 heterocycles. The first-order valence-corrected chi connectivity index (χ1v) is 6.08. The van der Waals surface area contributed by atoms with Gasteiger partial charge in [-0.2, -0.15) is 0 Å². The van der Waals surface area contributed by atoms with Crippen LogP contribution in [0.15, 0.2) is 42.5 Å². The minimum absolute atomic E-state index is 1.28. The minimum atomic E-state index is 1.28. The second kappa shape index (κ2) is 4.35. The highest BCUT2D eigenvalue weighted by Crippen LogP contribution is 2.25. The lowest BCUT2D eigenvalue weighted by molar-refractivity contribution is 1.38. The third kappa shape index (κ3) is 2.40. The van der Waals surface area contributed by atoms with Gasteiger partial charge in [0, 0.05) is 3.57 Å². The third-order valence-electron chi connectivity index (χ3n) is 2.52. The minimum Gasteiger partial charge on any atom is -0.0606 e. The fourth-order valence-electron chi connectivity index (χ4n) is 1.79. The summed E-state index contributed by atoms with van der Waals surface area (Å²) >= 11 is 2.35. The van der Waals surface area contributed by atoms with Gasteiger partial charge in [0.25, 0.3) is 0 Å². The van der Waals surface area contributed by atoms with Crippen molar-refractivity contribution in [3.05, 3.63) is 57.2 Å². The maximum Gasteiger partial charge on any atom is 0.0136 e. The van der Waals surface area contributed by atoms with Gasteiger partial charge in [0.05, 0.1) is 0 Å². The number of hydrogen-bond donors (Lipinski definition) is 0. The molecule has 0 N–H and O–H groups in total. The summed E-state index contributed by atoms with van der Waals surface area (Å²) in [5.41, 5.74) is 5.30. The van der Waals surface area contributed by atoms with E-state index in [2.05, 4.69) is 78.9 Å². The van der Waals surface area contributed by atoms with Crippen LogP contribution in [0.5, 0.6) is 0 Å². The number of benzene rings is 2. The molecule has 2 rings (SSSR count). The Morgan fingerprint density at radius 2 is 1.73 bits per heavy atom. The molecule has 0 bridgehead atoms. The van der Waals surface area contributed by atoms with Gasteiger partial charge in [0.1, 0.15) is 0 Å². The maximum absolute atomic E-state index is 2.35. The summed E-state index contributed by atoms with van der Waals surface area (Å²) in [4.78, 5) is 0. The standard InChI is InChI=1S/C14H13I/c1-10-6-7-14(11(2)8-10)12-4-3-5-13(15)9-12/h3-9H,1-2H3. The maximum atomic E-state index is 2.35. The first kappa shape index (κ1) is 10.7. The van der Waals surface area contributed by atoms with Crippen molar-refractivity contribution in [2.24, 2.45) is 0 Å². The summed E-state index contributed by atoms with van der Waals surface area (Å²) in [5, 5.41) is 0. The van der Waals surface area contributed by atoms with Crippen molar-refractivity contribution >= 4 is 22.6 Å². The van der Waals surface area contributed by atoms with Crippen LogP contribution in [-0.2, 0) is 0 Å². The predicted octanol–water partition coefficient (Wildman–Crippen LogP) is 4.58. The average Bonchev–Trinajstić information content (AvgIpc) is 2.17. The highest BCUT2D eigenvalue weighted by molar-refractivity contribution is 14.1. The number of rotatable bonds is 1. The van der Waals surface area contributed by atoms with Crippen molar-refractivity contribution in [2.45, 2.75) is 13.8 Å². The average molecular weight is 308 g/mol. The Balaban J connectivity index is 2.54. The fourth-order valence-corrected chi connectivity index (χ4v) is 2.34. The van der Waals surface area contributed by atoms with Crippen molar-refractivity contribution in [3.63, 3.8) is 0 Å². The molecule has 0 radical (unpaired) electrons. The van der Waals surface area contributed by atoms with Crippen LogP contribution in [0.4, 0.5) is 0 Å². The summed E-state index contributed by atoms with van der Waals surface area (Å²) in [6.45, 7) is 4.30. The van der Waals surface area contributed by atoms with Crippen molar-refractivity contribution in [3.8, 4) is 11.1 Å². The van der Waals surface area contributed by atoms with Gasteiger partial charge in [-0.1, -0.05) is 35.9 Å². The molecule has 0 amide bonds. The molecule has 0 aliphatic heterocycles. The lowest BCUT2D eigenvalue weighted by atomic mass is 9.99. The van der Waals surface area contributed by atoms with E-state index >= 15 is 0 Å². The molecule has 0 spiro atoms. The molecule has 76 valence electrons.